The molecule has 1 aromatic rings. The van der Waals surface area contributed by atoms with Crippen LogP contribution < -0.4 is 10.5 Å². The SMILES string of the molecule is CCC(CC)N(CCN)C(=O)c1c(F)cccc1OC. The van der Waals surface area contributed by atoms with Gasteiger partial charge in [0.2, 0.25) is 0 Å². The number of carbonyl (C=O) groups is 1. The molecule has 0 bridgehead atoms. The molecule has 1 aromatic carbocycles. The van der Waals surface area contributed by atoms with Crippen LogP contribution in [0.15, 0.2) is 18.2 Å². The summed E-state index contributed by atoms with van der Waals surface area (Å²) in [6.45, 7) is 4.76. The van der Waals surface area contributed by atoms with Crippen molar-refractivity contribution in [1.29, 1.82) is 0 Å². The topological polar surface area (TPSA) is 55.6 Å². The Morgan fingerprint density at radius 3 is 2.55 bits per heavy atom. The largest absolute Gasteiger partial charge is 0.496 e. The molecule has 0 aromatic heterocycles. The maximum Gasteiger partial charge on any atom is 0.260 e. The molecule has 0 radical (unpaired) electrons. The van der Waals surface area contributed by atoms with Crippen LogP contribution in [-0.4, -0.2) is 37.0 Å². The van der Waals surface area contributed by atoms with Crippen LogP contribution in [0.3, 0.4) is 0 Å². The third-order valence-electron chi connectivity index (χ3n) is 3.42. The molecule has 0 heterocycles. The minimum absolute atomic E-state index is 0.0182. The highest BCUT2D eigenvalue weighted by atomic mass is 19.1. The van der Waals surface area contributed by atoms with Crippen LogP contribution in [0, 0.1) is 5.82 Å². The van der Waals surface area contributed by atoms with Gasteiger partial charge in [-0.3, -0.25) is 4.79 Å². The summed E-state index contributed by atoms with van der Waals surface area (Å²) in [5.74, 6) is -0.676. The minimum Gasteiger partial charge on any atom is -0.496 e. The number of hydrogen-bond acceptors (Lipinski definition) is 3. The quantitative estimate of drug-likeness (QED) is 0.835. The summed E-state index contributed by atoms with van der Waals surface area (Å²) >= 11 is 0. The van der Waals surface area contributed by atoms with Gasteiger partial charge in [0.15, 0.2) is 0 Å². The van der Waals surface area contributed by atoms with Crippen molar-refractivity contribution in [3.63, 3.8) is 0 Å². The van der Waals surface area contributed by atoms with E-state index in [1.165, 1.54) is 19.2 Å². The number of halogens is 1. The number of ether oxygens (including phenoxy) is 1. The van der Waals surface area contributed by atoms with Crippen molar-refractivity contribution in [2.75, 3.05) is 20.2 Å². The molecule has 112 valence electrons. The lowest BCUT2D eigenvalue weighted by Gasteiger charge is -2.30. The van der Waals surface area contributed by atoms with E-state index in [4.69, 9.17) is 10.5 Å². The average molecular weight is 282 g/mol. The standard InChI is InChI=1S/C15H23FN2O2/c1-4-11(5-2)18(10-9-17)15(19)14-12(16)7-6-8-13(14)20-3/h6-8,11H,4-5,9-10,17H2,1-3H3. The fourth-order valence-electron chi connectivity index (χ4n) is 2.34. The monoisotopic (exact) mass is 282 g/mol. The zero-order valence-corrected chi connectivity index (χ0v) is 12.4. The van der Waals surface area contributed by atoms with Gasteiger partial charge >= 0.3 is 0 Å². The van der Waals surface area contributed by atoms with Gasteiger partial charge in [-0.25, -0.2) is 4.39 Å². The third-order valence-corrected chi connectivity index (χ3v) is 3.42. The highest BCUT2D eigenvalue weighted by Crippen LogP contribution is 2.24. The van der Waals surface area contributed by atoms with Crippen molar-refractivity contribution < 1.29 is 13.9 Å². The van der Waals surface area contributed by atoms with E-state index in [9.17, 15) is 9.18 Å². The van der Waals surface area contributed by atoms with Crippen LogP contribution in [0.4, 0.5) is 4.39 Å². The smallest absolute Gasteiger partial charge is 0.260 e. The molecule has 0 unspecified atom stereocenters. The molecular weight excluding hydrogens is 259 g/mol. The van der Waals surface area contributed by atoms with E-state index in [1.807, 2.05) is 13.8 Å². The number of benzene rings is 1. The van der Waals surface area contributed by atoms with Crippen molar-refractivity contribution in [3.8, 4) is 5.75 Å². The fraction of sp³-hybridized carbons (Fsp3) is 0.533. The molecule has 2 N–H and O–H groups in total. The zero-order valence-electron chi connectivity index (χ0n) is 12.4. The number of nitrogens with two attached hydrogens (primary N) is 1. The molecule has 1 rings (SSSR count). The van der Waals surface area contributed by atoms with Crippen LogP contribution in [0.25, 0.3) is 0 Å². The minimum atomic E-state index is -0.567. The molecule has 0 atom stereocenters. The molecule has 5 heteroatoms. The van der Waals surface area contributed by atoms with Crippen molar-refractivity contribution in [1.82, 2.24) is 4.90 Å². The van der Waals surface area contributed by atoms with Gasteiger partial charge in [-0.2, -0.15) is 0 Å². The van der Waals surface area contributed by atoms with Crippen LogP contribution in [0.2, 0.25) is 0 Å². The van der Waals surface area contributed by atoms with E-state index in [0.717, 1.165) is 12.8 Å². The number of methoxy groups -OCH3 is 1. The summed E-state index contributed by atoms with van der Waals surface area (Å²) in [6.07, 6.45) is 1.61. The first-order chi connectivity index (χ1) is 9.60. The Bertz CT molecular complexity index is 447. The number of carbonyl (C=O) groups excluding carboxylic acids is 1. The number of amides is 1. The molecule has 20 heavy (non-hydrogen) atoms. The first-order valence-corrected chi connectivity index (χ1v) is 6.94. The second-order valence-electron chi connectivity index (χ2n) is 4.57. The number of hydrogen-bond donors (Lipinski definition) is 1. The fourth-order valence-corrected chi connectivity index (χ4v) is 2.34. The lowest BCUT2D eigenvalue weighted by Crippen LogP contribution is -2.43. The van der Waals surface area contributed by atoms with Crippen molar-refractivity contribution >= 4 is 5.91 Å². The van der Waals surface area contributed by atoms with Gasteiger partial charge in [0.1, 0.15) is 17.1 Å². The summed E-state index contributed by atoms with van der Waals surface area (Å²) < 4.78 is 19.1. The lowest BCUT2D eigenvalue weighted by atomic mass is 10.1. The third kappa shape index (κ3) is 3.48. The van der Waals surface area contributed by atoms with Crippen LogP contribution in [0.5, 0.6) is 5.75 Å². The Balaban J connectivity index is 3.18. The Hall–Kier alpha value is -1.62. The number of rotatable bonds is 7. The normalized spacial score (nSPS) is 10.7. The highest BCUT2D eigenvalue weighted by Gasteiger charge is 2.26. The van der Waals surface area contributed by atoms with Crippen molar-refractivity contribution in [3.05, 3.63) is 29.6 Å². The van der Waals surface area contributed by atoms with Crippen LogP contribution >= 0.6 is 0 Å². The summed E-state index contributed by atoms with van der Waals surface area (Å²) in [7, 11) is 1.43. The van der Waals surface area contributed by atoms with Crippen molar-refractivity contribution in [2.24, 2.45) is 5.73 Å². The number of nitrogens with zero attached hydrogens (tertiary/aromatic N) is 1. The Morgan fingerprint density at radius 1 is 1.40 bits per heavy atom. The summed E-state index contributed by atoms with van der Waals surface area (Å²) in [5.41, 5.74) is 5.56. The van der Waals surface area contributed by atoms with E-state index < -0.39 is 5.82 Å². The molecule has 0 saturated heterocycles. The molecule has 0 aliphatic rings. The second kappa shape index (κ2) is 7.85. The molecular formula is C15H23FN2O2. The van der Waals surface area contributed by atoms with E-state index in [2.05, 4.69) is 0 Å². The maximum absolute atomic E-state index is 14.0. The van der Waals surface area contributed by atoms with Crippen LogP contribution in [0.1, 0.15) is 37.0 Å². The molecule has 0 aliphatic carbocycles. The molecule has 0 spiro atoms. The molecule has 4 nitrogen and oxygen atoms in total. The maximum atomic E-state index is 14.0. The Kier molecular flexibility index (Phi) is 6.45. The van der Waals surface area contributed by atoms with Gasteiger partial charge in [-0.05, 0) is 25.0 Å². The molecule has 0 fully saturated rings. The van der Waals surface area contributed by atoms with E-state index in [1.54, 1.807) is 11.0 Å². The van der Waals surface area contributed by atoms with Gasteiger partial charge < -0.3 is 15.4 Å². The summed E-state index contributed by atoms with van der Waals surface area (Å²) in [6, 6.07) is 4.43. The lowest BCUT2D eigenvalue weighted by molar-refractivity contribution is 0.0666. The average Bonchev–Trinajstić information content (AvgIpc) is 2.46. The van der Waals surface area contributed by atoms with Gasteiger partial charge in [-0.15, -0.1) is 0 Å². The second-order valence-corrected chi connectivity index (χ2v) is 4.57. The Labute approximate surface area is 119 Å². The Morgan fingerprint density at radius 2 is 2.05 bits per heavy atom. The van der Waals surface area contributed by atoms with Gasteiger partial charge in [0.25, 0.3) is 5.91 Å². The summed E-state index contributed by atoms with van der Waals surface area (Å²) in [5, 5.41) is 0. The first kappa shape index (κ1) is 16.4. The first-order valence-electron chi connectivity index (χ1n) is 6.94. The zero-order chi connectivity index (χ0) is 15.1. The molecule has 1 amide bonds. The highest BCUT2D eigenvalue weighted by molar-refractivity contribution is 5.97. The molecule has 0 saturated carbocycles. The van der Waals surface area contributed by atoms with Crippen molar-refractivity contribution in [2.45, 2.75) is 32.7 Å². The van der Waals surface area contributed by atoms with E-state index in [0.29, 0.717) is 13.1 Å². The predicted octanol–water partition coefficient (Wildman–Crippen LogP) is 2.42. The molecule has 0 aliphatic heterocycles. The van der Waals surface area contributed by atoms with Gasteiger partial charge in [0, 0.05) is 19.1 Å². The van der Waals surface area contributed by atoms with Gasteiger partial charge in [0.05, 0.1) is 7.11 Å². The van der Waals surface area contributed by atoms with Gasteiger partial charge in [-0.1, -0.05) is 19.9 Å². The van der Waals surface area contributed by atoms with E-state index >= 15 is 0 Å². The van der Waals surface area contributed by atoms with Crippen LogP contribution in [-0.2, 0) is 0 Å². The van der Waals surface area contributed by atoms with E-state index in [-0.39, 0.29) is 23.3 Å². The predicted molar refractivity (Wildman–Crippen MR) is 77.4 cm³/mol. The summed E-state index contributed by atoms with van der Waals surface area (Å²) in [4.78, 5) is 14.3.